The molecule has 0 atom stereocenters. The van der Waals surface area contributed by atoms with Crippen LogP contribution in [-0.4, -0.2) is 57.5 Å². The van der Waals surface area contributed by atoms with Crippen LogP contribution in [0.15, 0.2) is 42.5 Å². The fourth-order valence-corrected chi connectivity index (χ4v) is 3.44. The van der Waals surface area contributed by atoms with Gasteiger partial charge in [-0.25, -0.2) is 0 Å². The number of benzene rings is 2. The fraction of sp³-hybridized carbons (Fsp3) is 0.350. The normalized spacial score (nSPS) is 13.9. The number of rotatable bonds is 5. The number of piperazine rings is 1. The Morgan fingerprint density at radius 3 is 2.00 bits per heavy atom. The lowest BCUT2D eigenvalue weighted by Gasteiger charge is -2.37. The smallest absolute Gasteiger partial charge is 0.203 e. The SMILES string of the molecule is COc1cc(N2CCN(C(=S)Nc3ccccc3)CC2)cc(OC)c1OC. The van der Waals surface area contributed by atoms with Crippen LogP contribution in [0, 0.1) is 0 Å². The number of methoxy groups -OCH3 is 3. The van der Waals surface area contributed by atoms with E-state index in [1.54, 1.807) is 21.3 Å². The van der Waals surface area contributed by atoms with Crippen molar-refractivity contribution < 1.29 is 14.2 Å². The molecule has 0 aromatic heterocycles. The van der Waals surface area contributed by atoms with Crippen molar-refractivity contribution in [3.63, 3.8) is 0 Å². The summed E-state index contributed by atoms with van der Waals surface area (Å²) in [6, 6.07) is 14.0. The summed E-state index contributed by atoms with van der Waals surface area (Å²) in [5, 5.41) is 4.06. The van der Waals surface area contributed by atoms with E-state index in [0.29, 0.717) is 17.2 Å². The molecular weight excluding hydrogens is 362 g/mol. The highest BCUT2D eigenvalue weighted by molar-refractivity contribution is 7.80. The van der Waals surface area contributed by atoms with Gasteiger partial charge in [0.2, 0.25) is 5.75 Å². The molecule has 2 aromatic rings. The van der Waals surface area contributed by atoms with Crippen LogP contribution in [0.5, 0.6) is 17.2 Å². The van der Waals surface area contributed by atoms with Gasteiger partial charge in [-0.3, -0.25) is 0 Å². The molecule has 6 nitrogen and oxygen atoms in total. The summed E-state index contributed by atoms with van der Waals surface area (Å²) in [5.41, 5.74) is 2.06. The van der Waals surface area contributed by atoms with Crippen LogP contribution in [0.25, 0.3) is 0 Å². The number of thiocarbonyl (C=S) groups is 1. The third-order valence-electron chi connectivity index (χ3n) is 4.61. The molecule has 144 valence electrons. The molecule has 0 radical (unpaired) electrons. The molecule has 3 rings (SSSR count). The number of nitrogens with one attached hydrogen (secondary N) is 1. The zero-order valence-corrected chi connectivity index (χ0v) is 16.7. The van der Waals surface area contributed by atoms with Crippen molar-refractivity contribution in [3.8, 4) is 17.2 Å². The van der Waals surface area contributed by atoms with Crippen molar-refractivity contribution in [2.24, 2.45) is 0 Å². The molecule has 1 fully saturated rings. The topological polar surface area (TPSA) is 46.2 Å². The number of para-hydroxylation sites is 1. The maximum Gasteiger partial charge on any atom is 0.203 e. The molecule has 1 N–H and O–H groups in total. The third kappa shape index (κ3) is 4.36. The van der Waals surface area contributed by atoms with E-state index in [4.69, 9.17) is 26.4 Å². The summed E-state index contributed by atoms with van der Waals surface area (Å²) in [7, 11) is 4.87. The molecule has 0 amide bonds. The fourth-order valence-electron chi connectivity index (χ4n) is 3.14. The van der Waals surface area contributed by atoms with Gasteiger partial charge in [0.1, 0.15) is 0 Å². The van der Waals surface area contributed by atoms with E-state index in [9.17, 15) is 0 Å². The van der Waals surface area contributed by atoms with Gasteiger partial charge in [0, 0.05) is 49.7 Å². The van der Waals surface area contributed by atoms with Crippen LogP contribution in [-0.2, 0) is 0 Å². The third-order valence-corrected chi connectivity index (χ3v) is 4.97. The van der Waals surface area contributed by atoms with Crippen LogP contribution in [0.2, 0.25) is 0 Å². The van der Waals surface area contributed by atoms with Gasteiger partial charge in [0.15, 0.2) is 16.6 Å². The Balaban J connectivity index is 1.66. The maximum atomic E-state index is 5.56. The number of hydrogen-bond acceptors (Lipinski definition) is 5. The first-order valence-corrected chi connectivity index (χ1v) is 9.23. The second-order valence-electron chi connectivity index (χ2n) is 6.15. The summed E-state index contributed by atoms with van der Waals surface area (Å²) in [5.74, 6) is 1.93. The predicted octanol–water partition coefficient (Wildman–Crippen LogP) is 3.23. The van der Waals surface area contributed by atoms with Crippen molar-refractivity contribution in [1.82, 2.24) is 4.90 Å². The van der Waals surface area contributed by atoms with Crippen LogP contribution in [0.4, 0.5) is 11.4 Å². The van der Waals surface area contributed by atoms with Gasteiger partial charge in [0.25, 0.3) is 0 Å². The van der Waals surface area contributed by atoms with Crippen molar-refractivity contribution >= 4 is 28.7 Å². The van der Waals surface area contributed by atoms with Crippen LogP contribution < -0.4 is 24.4 Å². The Labute approximate surface area is 165 Å². The van der Waals surface area contributed by atoms with Crippen LogP contribution in [0.3, 0.4) is 0 Å². The Morgan fingerprint density at radius 2 is 1.48 bits per heavy atom. The highest BCUT2D eigenvalue weighted by Gasteiger charge is 2.22. The minimum Gasteiger partial charge on any atom is -0.493 e. The zero-order valence-electron chi connectivity index (χ0n) is 15.9. The van der Waals surface area contributed by atoms with Gasteiger partial charge in [-0.1, -0.05) is 18.2 Å². The molecule has 1 aliphatic heterocycles. The molecule has 0 unspecified atom stereocenters. The Bertz CT molecular complexity index is 752. The van der Waals surface area contributed by atoms with Crippen LogP contribution >= 0.6 is 12.2 Å². The molecule has 0 bridgehead atoms. The summed E-state index contributed by atoms with van der Waals surface area (Å²) in [4.78, 5) is 4.49. The number of nitrogens with zero attached hydrogens (tertiary/aromatic N) is 2. The molecular formula is C20H25N3O3S. The van der Waals surface area contributed by atoms with E-state index < -0.39 is 0 Å². The average molecular weight is 388 g/mol. The van der Waals surface area contributed by atoms with Crippen molar-refractivity contribution in [1.29, 1.82) is 0 Å². The van der Waals surface area contributed by atoms with E-state index in [1.807, 2.05) is 42.5 Å². The van der Waals surface area contributed by atoms with Gasteiger partial charge < -0.3 is 29.3 Å². The second kappa shape index (κ2) is 8.81. The first-order chi connectivity index (χ1) is 13.2. The highest BCUT2D eigenvalue weighted by Crippen LogP contribution is 2.41. The van der Waals surface area contributed by atoms with E-state index in [2.05, 4.69) is 15.1 Å². The van der Waals surface area contributed by atoms with Gasteiger partial charge in [-0.05, 0) is 24.4 Å². The molecule has 0 aliphatic carbocycles. The quantitative estimate of drug-likeness (QED) is 0.791. The molecule has 1 saturated heterocycles. The van der Waals surface area contributed by atoms with Gasteiger partial charge in [-0.15, -0.1) is 0 Å². The molecule has 2 aromatic carbocycles. The van der Waals surface area contributed by atoms with Gasteiger partial charge in [0.05, 0.1) is 21.3 Å². The van der Waals surface area contributed by atoms with Gasteiger partial charge in [-0.2, -0.15) is 0 Å². The minimum absolute atomic E-state index is 0.607. The van der Waals surface area contributed by atoms with Crippen molar-refractivity contribution in [2.45, 2.75) is 0 Å². The second-order valence-corrected chi connectivity index (χ2v) is 6.54. The number of anilines is 2. The first kappa shape index (κ1) is 19.1. The summed E-state index contributed by atoms with van der Waals surface area (Å²) in [6.45, 7) is 3.40. The lowest BCUT2D eigenvalue weighted by Crippen LogP contribution is -2.50. The van der Waals surface area contributed by atoms with Crippen molar-refractivity contribution in [2.75, 3.05) is 57.7 Å². The minimum atomic E-state index is 0.607. The maximum absolute atomic E-state index is 5.56. The predicted molar refractivity (Wildman–Crippen MR) is 113 cm³/mol. The summed E-state index contributed by atoms with van der Waals surface area (Å²) < 4.78 is 16.3. The molecule has 1 aliphatic rings. The Morgan fingerprint density at radius 1 is 0.889 bits per heavy atom. The summed E-state index contributed by atoms with van der Waals surface area (Å²) >= 11 is 5.56. The highest BCUT2D eigenvalue weighted by atomic mass is 32.1. The van der Waals surface area contributed by atoms with E-state index >= 15 is 0 Å². The van der Waals surface area contributed by atoms with E-state index in [0.717, 1.165) is 42.7 Å². The number of ether oxygens (including phenoxy) is 3. The Kier molecular flexibility index (Phi) is 6.24. The molecule has 0 spiro atoms. The molecule has 27 heavy (non-hydrogen) atoms. The largest absolute Gasteiger partial charge is 0.493 e. The monoisotopic (exact) mass is 387 g/mol. The molecule has 1 heterocycles. The van der Waals surface area contributed by atoms with Gasteiger partial charge >= 0.3 is 0 Å². The first-order valence-electron chi connectivity index (χ1n) is 8.82. The Hall–Kier alpha value is -2.67. The lowest BCUT2D eigenvalue weighted by atomic mass is 10.2. The lowest BCUT2D eigenvalue weighted by molar-refractivity contribution is 0.324. The van der Waals surface area contributed by atoms with Crippen LogP contribution in [0.1, 0.15) is 0 Å². The van der Waals surface area contributed by atoms with E-state index in [1.165, 1.54) is 0 Å². The molecule has 7 heteroatoms. The van der Waals surface area contributed by atoms with Crippen molar-refractivity contribution in [3.05, 3.63) is 42.5 Å². The van der Waals surface area contributed by atoms with E-state index in [-0.39, 0.29) is 0 Å². The molecule has 0 saturated carbocycles. The summed E-state index contributed by atoms with van der Waals surface area (Å²) in [6.07, 6.45) is 0. The zero-order chi connectivity index (χ0) is 19.2. The average Bonchev–Trinajstić information content (AvgIpc) is 2.73. The standard InChI is InChI=1S/C20H25N3O3S/c1-24-17-13-16(14-18(25-2)19(17)26-3)22-9-11-23(12-10-22)20(27)21-15-7-5-4-6-8-15/h4-8,13-14H,9-12H2,1-3H3,(H,21,27). The number of hydrogen-bond donors (Lipinski definition) is 1.